The van der Waals surface area contributed by atoms with E-state index < -0.39 is 5.97 Å². The number of amides is 1. The zero-order valence-corrected chi connectivity index (χ0v) is 7.24. The minimum absolute atomic E-state index is 0.302. The SMILES string of the molecule is CCN(CC)C(=O)C=CC(=O)[O-]. The highest BCUT2D eigenvalue weighted by Crippen LogP contribution is 1.89. The molecule has 0 aromatic carbocycles. The van der Waals surface area contributed by atoms with E-state index in [1.807, 2.05) is 13.8 Å². The van der Waals surface area contributed by atoms with Gasteiger partial charge >= 0.3 is 0 Å². The lowest BCUT2D eigenvalue weighted by molar-refractivity contribution is -0.297. The Hall–Kier alpha value is -1.32. The number of carboxylic acid groups (broad SMARTS) is 1. The summed E-state index contributed by atoms with van der Waals surface area (Å²) < 4.78 is 0. The number of rotatable bonds is 4. The lowest BCUT2D eigenvalue weighted by atomic mass is 10.4. The van der Waals surface area contributed by atoms with Crippen LogP contribution in [0.25, 0.3) is 0 Å². The number of carbonyl (C=O) groups excluding carboxylic acids is 2. The molecule has 4 nitrogen and oxygen atoms in total. The Balaban J connectivity index is 4.10. The zero-order valence-electron chi connectivity index (χ0n) is 7.24. The van der Waals surface area contributed by atoms with Gasteiger partial charge in [0.05, 0.1) is 5.97 Å². The molecule has 12 heavy (non-hydrogen) atoms. The predicted octanol–water partition coefficient (Wildman–Crippen LogP) is -0.839. The number of hydrogen-bond acceptors (Lipinski definition) is 3. The van der Waals surface area contributed by atoms with Gasteiger partial charge in [0, 0.05) is 19.2 Å². The first-order valence-corrected chi connectivity index (χ1v) is 3.79. The van der Waals surface area contributed by atoms with Crippen molar-refractivity contribution >= 4 is 11.9 Å². The summed E-state index contributed by atoms with van der Waals surface area (Å²) in [5.41, 5.74) is 0. The minimum atomic E-state index is -1.35. The Kier molecular flexibility index (Phi) is 4.76. The van der Waals surface area contributed by atoms with Crippen molar-refractivity contribution in [1.29, 1.82) is 0 Å². The van der Waals surface area contributed by atoms with Gasteiger partial charge in [0.25, 0.3) is 0 Å². The van der Waals surface area contributed by atoms with E-state index in [1.165, 1.54) is 4.90 Å². The van der Waals surface area contributed by atoms with Gasteiger partial charge in [-0.15, -0.1) is 0 Å². The highest BCUT2D eigenvalue weighted by Gasteiger charge is 2.03. The van der Waals surface area contributed by atoms with Crippen LogP contribution in [0.15, 0.2) is 12.2 Å². The molecule has 0 unspecified atom stereocenters. The standard InChI is InChI=1S/C8H13NO3/c1-3-9(4-2)7(10)5-6-8(11)12/h5-6H,3-4H2,1-2H3,(H,11,12)/p-1. The first-order chi connectivity index (χ1) is 5.61. The van der Waals surface area contributed by atoms with Crippen molar-refractivity contribution < 1.29 is 14.7 Å². The van der Waals surface area contributed by atoms with Crippen LogP contribution in [0.4, 0.5) is 0 Å². The molecule has 4 heteroatoms. The molecule has 68 valence electrons. The van der Waals surface area contributed by atoms with Gasteiger partial charge in [-0.3, -0.25) is 4.79 Å². The van der Waals surface area contributed by atoms with E-state index in [4.69, 9.17) is 0 Å². The minimum Gasteiger partial charge on any atom is -0.545 e. The third kappa shape index (κ3) is 3.75. The fourth-order valence-corrected chi connectivity index (χ4v) is 0.780. The Bertz CT molecular complexity index is 194. The molecule has 0 radical (unpaired) electrons. The first-order valence-electron chi connectivity index (χ1n) is 3.79. The highest BCUT2D eigenvalue weighted by atomic mass is 16.4. The predicted molar refractivity (Wildman–Crippen MR) is 42.1 cm³/mol. The van der Waals surface area contributed by atoms with Gasteiger partial charge in [-0.1, -0.05) is 0 Å². The van der Waals surface area contributed by atoms with Crippen molar-refractivity contribution in [3.8, 4) is 0 Å². The average molecular weight is 170 g/mol. The van der Waals surface area contributed by atoms with Crippen molar-refractivity contribution in [2.24, 2.45) is 0 Å². The van der Waals surface area contributed by atoms with Crippen LogP contribution >= 0.6 is 0 Å². The van der Waals surface area contributed by atoms with Crippen LogP contribution in [0.2, 0.25) is 0 Å². The lowest BCUT2D eigenvalue weighted by Gasteiger charge is -2.15. The fourth-order valence-electron chi connectivity index (χ4n) is 0.780. The second-order valence-corrected chi connectivity index (χ2v) is 2.16. The Morgan fingerprint density at radius 2 is 1.75 bits per heavy atom. The molecule has 0 aliphatic carbocycles. The molecular formula is C8H12NO3-. The smallest absolute Gasteiger partial charge is 0.246 e. The summed E-state index contributed by atoms with van der Waals surface area (Å²) in [5, 5.41) is 9.93. The molecule has 0 rings (SSSR count). The van der Waals surface area contributed by atoms with Gasteiger partial charge in [0.2, 0.25) is 5.91 Å². The Morgan fingerprint density at radius 1 is 1.25 bits per heavy atom. The maximum atomic E-state index is 11.1. The topological polar surface area (TPSA) is 60.4 Å². The number of nitrogens with zero attached hydrogens (tertiary/aromatic N) is 1. The zero-order chi connectivity index (χ0) is 9.56. The van der Waals surface area contributed by atoms with Gasteiger partial charge in [-0.25, -0.2) is 0 Å². The lowest BCUT2D eigenvalue weighted by Crippen LogP contribution is -2.29. The molecule has 0 aliphatic heterocycles. The van der Waals surface area contributed by atoms with E-state index in [2.05, 4.69) is 0 Å². The number of likely N-dealkylation sites (N-methyl/N-ethyl adjacent to an activating group) is 1. The van der Waals surface area contributed by atoms with Crippen LogP contribution in [0.5, 0.6) is 0 Å². The normalized spacial score (nSPS) is 10.2. The van der Waals surface area contributed by atoms with E-state index in [0.29, 0.717) is 13.1 Å². The maximum absolute atomic E-state index is 11.1. The van der Waals surface area contributed by atoms with Crippen LogP contribution < -0.4 is 5.11 Å². The number of hydrogen-bond donors (Lipinski definition) is 0. The van der Waals surface area contributed by atoms with Crippen molar-refractivity contribution in [3.05, 3.63) is 12.2 Å². The number of aliphatic carboxylic acids is 1. The van der Waals surface area contributed by atoms with Gasteiger partial charge in [0.15, 0.2) is 0 Å². The van der Waals surface area contributed by atoms with E-state index in [0.717, 1.165) is 12.2 Å². The van der Waals surface area contributed by atoms with Crippen LogP contribution in [-0.2, 0) is 9.59 Å². The average Bonchev–Trinajstić information content (AvgIpc) is 2.03. The molecule has 0 fully saturated rings. The van der Waals surface area contributed by atoms with Crippen LogP contribution in [-0.4, -0.2) is 29.9 Å². The van der Waals surface area contributed by atoms with E-state index in [-0.39, 0.29) is 5.91 Å². The van der Waals surface area contributed by atoms with Gasteiger partial charge < -0.3 is 14.8 Å². The van der Waals surface area contributed by atoms with E-state index in [9.17, 15) is 14.7 Å². The third-order valence-corrected chi connectivity index (χ3v) is 1.44. The molecule has 0 bridgehead atoms. The summed E-state index contributed by atoms with van der Waals surface area (Å²) >= 11 is 0. The molecule has 0 heterocycles. The Morgan fingerprint density at radius 3 is 2.08 bits per heavy atom. The molecule has 0 aliphatic rings. The van der Waals surface area contributed by atoms with Gasteiger partial charge in [-0.05, 0) is 19.9 Å². The van der Waals surface area contributed by atoms with Crippen LogP contribution in [0.3, 0.4) is 0 Å². The van der Waals surface area contributed by atoms with Crippen molar-refractivity contribution in [3.63, 3.8) is 0 Å². The molecule has 0 aromatic heterocycles. The van der Waals surface area contributed by atoms with Crippen LogP contribution in [0.1, 0.15) is 13.8 Å². The quantitative estimate of drug-likeness (QED) is 0.517. The van der Waals surface area contributed by atoms with Crippen molar-refractivity contribution in [1.82, 2.24) is 4.90 Å². The summed E-state index contributed by atoms with van der Waals surface area (Å²) in [7, 11) is 0. The van der Waals surface area contributed by atoms with Crippen molar-refractivity contribution in [2.75, 3.05) is 13.1 Å². The molecule has 1 amide bonds. The summed E-state index contributed by atoms with van der Waals surface area (Å²) in [5.74, 6) is -1.65. The van der Waals surface area contributed by atoms with Gasteiger partial charge in [-0.2, -0.15) is 0 Å². The Labute approximate surface area is 71.5 Å². The summed E-state index contributed by atoms with van der Waals surface area (Å²) in [6.45, 7) is 4.81. The van der Waals surface area contributed by atoms with Gasteiger partial charge in [0.1, 0.15) is 0 Å². The summed E-state index contributed by atoms with van der Waals surface area (Å²) in [6, 6.07) is 0. The fraction of sp³-hybridized carbons (Fsp3) is 0.500. The summed E-state index contributed by atoms with van der Waals surface area (Å²) in [6.07, 6.45) is 1.74. The molecule has 0 atom stereocenters. The van der Waals surface area contributed by atoms with E-state index >= 15 is 0 Å². The highest BCUT2D eigenvalue weighted by molar-refractivity contribution is 5.93. The number of carbonyl (C=O) groups is 2. The second kappa shape index (κ2) is 5.35. The second-order valence-electron chi connectivity index (χ2n) is 2.16. The first kappa shape index (κ1) is 10.7. The molecule has 0 saturated carbocycles. The monoisotopic (exact) mass is 170 g/mol. The third-order valence-electron chi connectivity index (χ3n) is 1.44. The summed E-state index contributed by atoms with van der Waals surface area (Å²) in [4.78, 5) is 22.5. The largest absolute Gasteiger partial charge is 0.545 e. The van der Waals surface area contributed by atoms with E-state index in [1.54, 1.807) is 0 Å². The molecule has 0 spiro atoms. The maximum Gasteiger partial charge on any atom is 0.246 e. The molecule has 0 saturated heterocycles. The van der Waals surface area contributed by atoms with Crippen LogP contribution in [0, 0.1) is 0 Å². The number of carboxylic acids is 1. The molecule has 0 N–H and O–H groups in total. The molecular weight excluding hydrogens is 158 g/mol. The molecule has 0 aromatic rings. The van der Waals surface area contributed by atoms with Crippen molar-refractivity contribution in [2.45, 2.75) is 13.8 Å².